The average Bonchev–Trinajstić information content (AvgIpc) is 2.56. The van der Waals surface area contributed by atoms with Crippen molar-refractivity contribution in [3.8, 4) is 0 Å². The highest BCUT2D eigenvalue weighted by Crippen LogP contribution is 2.30. The molecule has 1 saturated heterocycles. The monoisotopic (exact) mass is 304 g/mol. The molecule has 0 bridgehead atoms. The van der Waals surface area contributed by atoms with Crippen LogP contribution in [-0.4, -0.2) is 38.8 Å². The van der Waals surface area contributed by atoms with Crippen molar-refractivity contribution in [2.75, 3.05) is 26.8 Å². The van der Waals surface area contributed by atoms with Crippen LogP contribution in [0.5, 0.6) is 0 Å². The van der Waals surface area contributed by atoms with Crippen molar-refractivity contribution in [1.29, 1.82) is 0 Å². The molecule has 2 unspecified atom stereocenters. The zero-order valence-electron chi connectivity index (χ0n) is 13.9. The van der Waals surface area contributed by atoms with Crippen LogP contribution in [0.2, 0.25) is 0 Å². The molecule has 122 valence electrons. The average molecular weight is 304 g/mol. The molecule has 1 amide bonds. The first-order valence-electron chi connectivity index (χ1n) is 8.14. The molecule has 0 aromatic heterocycles. The van der Waals surface area contributed by atoms with Gasteiger partial charge in [-0.05, 0) is 38.4 Å². The maximum absolute atomic E-state index is 12.8. The van der Waals surface area contributed by atoms with Crippen molar-refractivity contribution in [3.05, 3.63) is 35.9 Å². The number of hydrogen-bond acceptors (Lipinski definition) is 3. The molecule has 2 N–H and O–H groups in total. The van der Waals surface area contributed by atoms with Crippen LogP contribution < -0.4 is 10.6 Å². The van der Waals surface area contributed by atoms with E-state index >= 15 is 0 Å². The number of hydrogen-bond donors (Lipinski definition) is 2. The van der Waals surface area contributed by atoms with Gasteiger partial charge in [0.1, 0.15) is 0 Å². The van der Waals surface area contributed by atoms with Gasteiger partial charge in [0, 0.05) is 19.1 Å². The SMILES string of the molecule is COCC1(C(=O)NC(C)C(C)c2ccccc2)CCNCC1. The number of benzene rings is 1. The Balaban J connectivity index is 2.02. The summed E-state index contributed by atoms with van der Waals surface area (Å²) in [4.78, 5) is 12.8. The maximum atomic E-state index is 12.8. The van der Waals surface area contributed by atoms with Crippen molar-refractivity contribution in [2.45, 2.75) is 38.6 Å². The van der Waals surface area contributed by atoms with E-state index in [0.29, 0.717) is 6.61 Å². The summed E-state index contributed by atoms with van der Waals surface area (Å²) in [5.74, 6) is 0.414. The normalized spacial score (nSPS) is 20.1. The van der Waals surface area contributed by atoms with Crippen molar-refractivity contribution in [1.82, 2.24) is 10.6 Å². The second-order valence-electron chi connectivity index (χ2n) is 6.42. The van der Waals surface area contributed by atoms with E-state index in [1.54, 1.807) is 7.11 Å². The summed E-state index contributed by atoms with van der Waals surface area (Å²) in [6.07, 6.45) is 1.66. The summed E-state index contributed by atoms with van der Waals surface area (Å²) in [6.45, 7) is 6.48. The first kappa shape index (κ1) is 17.0. The highest BCUT2D eigenvalue weighted by molar-refractivity contribution is 5.83. The molecule has 4 nitrogen and oxygen atoms in total. The highest BCUT2D eigenvalue weighted by Gasteiger charge is 2.40. The fourth-order valence-electron chi connectivity index (χ4n) is 3.15. The maximum Gasteiger partial charge on any atom is 0.228 e. The molecule has 1 aromatic rings. The van der Waals surface area contributed by atoms with Gasteiger partial charge in [0.25, 0.3) is 0 Å². The number of methoxy groups -OCH3 is 1. The zero-order chi connectivity index (χ0) is 16.0. The van der Waals surface area contributed by atoms with Crippen molar-refractivity contribution >= 4 is 5.91 Å². The Labute approximate surface area is 133 Å². The largest absolute Gasteiger partial charge is 0.384 e. The van der Waals surface area contributed by atoms with Gasteiger partial charge in [-0.1, -0.05) is 37.3 Å². The van der Waals surface area contributed by atoms with E-state index < -0.39 is 0 Å². The van der Waals surface area contributed by atoms with Crippen molar-refractivity contribution in [2.24, 2.45) is 5.41 Å². The molecule has 0 radical (unpaired) electrons. The standard InChI is InChI=1S/C18H28N2O2/c1-14(16-7-5-4-6-8-16)15(2)20-17(21)18(13-22-3)9-11-19-12-10-18/h4-8,14-15,19H,9-13H2,1-3H3,(H,20,21). The van der Waals surface area contributed by atoms with Crippen LogP contribution in [0.4, 0.5) is 0 Å². The number of piperidine rings is 1. The predicted octanol–water partition coefficient (Wildman–Crippen LogP) is 2.31. The van der Waals surface area contributed by atoms with Crippen LogP contribution in [-0.2, 0) is 9.53 Å². The van der Waals surface area contributed by atoms with Gasteiger partial charge in [-0.15, -0.1) is 0 Å². The lowest BCUT2D eigenvalue weighted by Crippen LogP contribution is -2.52. The van der Waals surface area contributed by atoms with Gasteiger partial charge in [0.05, 0.1) is 12.0 Å². The molecule has 0 aliphatic carbocycles. The molecule has 1 fully saturated rings. The lowest BCUT2D eigenvalue weighted by molar-refractivity contribution is -0.137. The number of carbonyl (C=O) groups excluding carboxylic acids is 1. The van der Waals surface area contributed by atoms with E-state index in [1.165, 1.54) is 5.56 Å². The van der Waals surface area contributed by atoms with Crippen molar-refractivity contribution < 1.29 is 9.53 Å². The van der Waals surface area contributed by atoms with E-state index in [0.717, 1.165) is 25.9 Å². The number of nitrogens with one attached hydrogen (secondary N) is 2. The second-order valence-corrected chi connectivity index (χ2v) is 6.42. The van der Waals surface area contributed by atoms with Gasteiger partial charge in [0.2, 0.25) is 5.91 Å². The molecule has 1 aliphatic heterocycles. The first-order valence-corrected chi connectivity index (χ1v) is 8.14. The third-order valence-electron chi connectivity index (χ3n) is 4.90. The van der Waals surface area contributed by atoms with Gasteiger partial charge in [0.15, 0.2) is 0 Å². The summed E-state index contributed by atoms with van der Waals surface area (Å²) < 4.78 is 5.34. The molecular weight excluding hydrogens is 276 g/mol. The van der Waals surface area contributed by atoms with Crippen LogP contribution in [0, 0.1) is 5.41 Å². The van der Waals surface area contributed by atoms with E-state index in [1.807, 2.05) is 18.2 Å². The summed E-state index contributed by atoms with van der Waals surface area (Å²) in [5, 5.41) is 6.55. The van der Waals surface area contributed by atoms with Gasteiger partial charge >= 0.3 is 0 Å². The number of carbonyl (C=O) groups is 1. The van der Waals surface area contributed by atoms with Crippen molar-refractivity contribution in [3.63, 3.8) is 0 Å². The summed E-state index contributed by atoms with van der Waals surface area (Å²) in [5.41, 5.74) is 0.867. The number of ether oxygens (including phenoxy) is 1. The van der Waals surface area contributed by atoms with Crippen LogP contribution >= 0.6 is 0 Å². The molecule has 0 spiro atoms. The Morgan fingerprint density at radius 3 is 2.50 bits per heavy atom. The molecule has 2 rings (SSSR count). The van der Waals surface area contributed by atoms with Gasteiger partial charge in [-0.2, -0.15) is 0 Å². The van der Waals surface area contributed by atoms with Crippen LogP contribution in [0.1, 0.15) is 38.2 Å². The Morgan fingerprint density at radius 1 is 1.27 bits per heavy atom. The Kier molecular flexibility index (Phi) is 5.98. The Morgan fingerprint density at radius 2 is 1.91 bits per heavy atom. The third kappa shape index (κ3) is 3.87. The summed E-state index contributed by atoms with van der Waals surface area (Å²) in [6, 6.07) is 10.4. The van der Waals surface area contributed by atoms with E-state index in [4.69, 9.17) is 4.74 Å². The fourth-order valence-corrected chi connectivity index (χ4v) is 3.15. The zero-order valence-corrected chi connectivity index (χ0v) is 13.9. The van der Waals surface area contributed by atoms with E-state index in [9.17, 15) is 4.79 Å². The molecule has 4 heteroatoms. The molecule has 2 atom stereocenters. The smallest absolute Gasteiger partial charge is 0.228 e. The molecule has 0 saturated carbocycles. The highest BCUT2D eigenvalue weighted by atomic mass is 16.5. The van der Waals surface area contributed by atoms with Gasteiger partial charge < -0.3 is 15.4 Å². The Hall–Kier alpha value is -1.39. The first-order chi connectivity index (χ1) is 10.6. The minimum atomic E-state index is -0.384. The predicted molar refractivity (Wildman–Crippen MR) is 88.9 cm³/mol. The Bertz CT molecular complexity index is 464. The third-order valence-corrected chi connectivity index (χ3v) is 4.90. The van der Waals surface area contributed by atoms with E-state index in [-0.39, 0.29) is 23.3 Å². The van der Waals surface area contributed by atoms with E-state index in [2.05, 4.69) is 36.6 Å². The van der Waals surface area contributed by atoms with Gasteiger partial charge in [-0.25, -0.2) is 0 Å². The minimum absolute atomic E-state index is 0.0958. The molecule has 1 heterocycles. The lowest BCUT2D eigenvalue weighted by atomic mass is 9.78. The molecule has 1 aromatic carbocycles. The number of rotatable bonds is 6. The molecule has 1 aliphatic rings. The summed E-state index contributed by atoms with van der Waals surface area (Å²) >= 11 is 0. The second kappa shape index (κ2) is 7.75. The minimum Gasteiger partial charge on any atom is -0.384 e. The quantitative estimate of drug-likeness (QED) is 0.848. The van der Waals surface area contributed by atoms with Crippen LogP contribution in [0.15, 0.2) is 30.3 Å². The van der Waals surface area contributed by atoms with Gasteiger partial charge in [-0.3, -0.25) is 4.79 Å². The van der Waals surface area contributed by atoms with Crippen LogP contribution in [0.25, 0.3) is 0 Å². The molecule has 22 heavy (non-hydrogen) atoms. The summed E-state index contributed by atoms with van der Waals surface area (Å²) in [7, 11) is 1.67. The molecular formula is C18H28N2O2. The fraction of sp³-hybridized carbons (Fsp3) is 0.611. The lowest BCUT2D eigenvalue weighted by Gasteiger charge is -2.37. The van der Waals surface area contributed by atoms with Crippen LogP contribution in [0.3, 0.4) is 0 Å². The number of amides is 1. The topological polar surface area (TPSA) is 50.4 Å².